The van der Waals surface area contributed by atoms with Crippen molar-refractivity contribution in [2.24, 2.45) is 0 Å². The van der Waals surface area contributed by atoms with Gasteiger partial charge in [0, 0.05) is 4.88 Å². The van der Waals surface area contributed by atoms with E-state index in [1.807, 2.05) is 0 Å². The van der Waals surface area contributed by atoms with Crippen molar-refractivity contribution in [1.82, 2.24) is 10.2 Å². The van der Waals surface area contributed by atoms with Crippen LogP contribution in [0.3, 0.4) is 0 Å². The first-order valence-electron chi connectivity index (χ1n) is 4.61. The predicted octanol–water partition coefficient (Wildman–Crippen LogP) is 3.99. The summed E-state index contributed by atoms with van der Waals surface area (Å²) >= 11 is 2.14. The molecule has 0 spiro atoms. The number of halogens is 3. The van der Waals surface area contributed by atoms with Gasteiger partial charge < -0.3 is 0 Å². The molecule has 0 fully saturated rings. The van der Waals surface area contributed by atoms with Gasteiger partial charge in [-0.25, -0.2) is 0 Å². The summed E-state index contributed by atoms with van der Waals surface area (Å²) in [6.07, 6.45) is -4.55. The fourth-order valence-electron chi connectivity index (χ4n) is 1.14. The molecule has 2 aromatic heterocycles. The van der Waals surface area contributed by atoms with Crippen LogP contribution in [0.4, 0.5) is 18.2 Å². The summed E-state index contributed by atoms with van der Waals surface area (Å²) in [5.74, 6) is 0. The number of hydrogen-bond donors (Lipinski definition) is 0. The Labute approximate surface area is 116 Å². The highest BCUT2D eigenvalue weighted by Crippen LogP contribution is 2.43. The van der Waals surface area contributed by atoms with E-state index in [4.69, 9.17) is 0 Å². The minimum absolute atomic E-state index is 0.0215. The van der Waals surface area contributed by atoms with E-state index in [2.05, 4.69) is 10.2 Å². The lowest BCUT2D eigenvalue weighted by Gasteiger charge is -1.97. The quantitative estimate of drug-likeness (QED) is 0.630. The van der Waals surface area contributed by atoms with Crippen LogP contribution in [0, 0.1) is 17.0 Å². The Kier molecular flexibility index (Phi) is 3.78. The van der Waals surface area contributed by atoms with E-state index in [0.29, 0.717) is 16.2 Å². The number of rotatable bonds is 3. The summed E-state index contributed by atoms with van der Waals surface area (Å²) < 4.78 is 37.1. The molecule has 0 saturated heterocycles. The van der Waals surface area contributed by atoms with Gasteiger partial charge in [0.25, 0.3) is 0 Å². The van der Waals surface area contributed by atoms with Gasteiger partial charge in [-0.15, -0.1) is 10.2 Å². The molecule has 11 heteroatoms. The van der Waals surface area contributed by atoms with Gasteiger partial charge in [-0.3, -0.25) is 10.1 Å². The van der Waals surface area contributed by atoms with Crippen molar-refractivity contribution in [2.75, 3.05) is 0 Å². The van der Waals surface area contributed by atoms with Gasteiger partial charge >= 0.3 is 11.2 Å². The van der Waals surface area contributed by atoms with Crippen molar-refractivity contribution in [2.45, 2.75) is 22.3 Å². The molecule has 0 aliphatic heterocycles. The Balaban J connectivity index is 2.27. The van der Waals surface area contributed by atoms with Crippen LogP contribution < -0.4 is 0 Å². The summed E-state index contributed by atoms with van der Waals surface area (Å²) in [7, 11) is 0. The van der Waals surface area contributed by atoms with Crippen molar-refractivity contribution < 1.29 is 18.1 Å². The zero-order chi connectivity index (χ0) is 14.2. The number of aromatic nitrogens is 2. The average Bonchev–Trinajstić information content (AvgIpc) is 2.85. The van der Waals surface area contributed by atoms with Crippen molar-refractivity contribution >= 4 is 39.4 Å². The molecule has 19 heavy (non-hydrogen) atoms. The molecule has 2 rings (SSSR count). The normalized spacial score (nSPS) is 11.8. The summed E-state index contributed by atoms with van der Waals surface area (Å²) in [6.45, 7) is 1.68. The molecular weight excluding hydrogens is 323 g/mol. The van der Waals surface area contributed by atoms with Gasteiger partial charge in [0.1, 0.15) is 4.90 Å². The van der Waals surface area contributed by atoms with Crippen LogP contribution in [0.25, 0.3) is 0 Å². The predicted molar refractivity (Wildman–Crippen MR) is 64.7 cm³/mol. The Bertz CT molecular complexity index is 622. The molecular formula is C8H4F3N3O2S3. The van der Waals surface area contributed by atoms with Crippen LogP contribution in [0.1, 0.15) is 9.88 Å². The summed E-state index contributed by atoms with van der Waals surface area (Å²) in [6, 6.07) is 1.54. The fraction of sp³-hybridized carbons (Fsp3) is 0.250. The molecule has 0 aromatic carbocycles. The SMILES string of the molecule is Cc1cc(Sc2nnc(C(F)(F)F)s2)c([N+](=O)[O-])s1. The number of thiophene rings is 1. The van der Waals surface area contributed by atoms with Crippen molar-refractivity contribution in [3.05, 3.63) is 26.1 Å². The van der Waals surface area contributed by atoms with Gasteiger partial charge in [0.15, 0.2) is 4.34 Å². The lowest BCUT2D eigenvalue weighted by Crippen LogP contribution is -2.03. The number of nitrogens with zero attached hydrogens (tertiary/aromatic N) is 3. The van der Waals surface area contributed by atoms with E-state index < -0.39 is 16.1 Å². The van der Waals surface area contributed by atoms with Crippen molar-refractivity contribution in [1.29, 1.82) is 0 Å². The maximum absolute atomic E-state index is 12.3. The van der Waals surface area contributed by atoms with Crippen LogP contribution >= 0.6 is 34.4 Å². The number of nitro groups is 1. The second-order valence-corrected chi connectivity index (χ2v) is 6.76. The number of aryl methyl sites for hydroxylation is 1. The average molecular weight is 327 g/mol. The van der Waals surface area contributed by atoms with Gasteiger partial charge in [-0.05, 0) is 24.8 Å². The van der Waals surface area contributed by atoms with E-state index >= 15 is 0 Å². The molecule has 0 atom stereocenters. The Morgan fingerprint density at radius 2 is 2.05 bits per heavy atom. The zero-order valence-corrected chi connectivity index (χ0v) is 11.5. The molecule has 5 nitrogen and oxygen atoms in total. The highest BCUT2D eigenvalue weighted by molar-refractivity contribution is 8.01. The van der Waals surface area contributed by atoms with E-state index in [-0.39, 0.29) is 14.2 Å². The minimum Gasteiger partial charge on any atom is -0.258 e. The molecule has 0 saturated carbocycles. The third kappa shape index (κ3) is 3.22. The van der Waals surface area contributed by atoms with Crippen LogP contribution in [-0.4, -0.2) is 15.1 Å². The molecule has 0 amide bonds. The first kappa shape index (κ1) is 14.2. The smallest absolute Gasteiger partial charge is 0.258 e. The van der Waals surface area contributed by atoms with Crippen LogP contribution in [-0.2, 0) is 6.18 Å². The first-order chi connectivity index (χ1) is 8.77. The summed E-state index contributed by atoms with van der Waals surface area (Å²) in [4.78, 5) is 11.2. The molecule has 0 bridgehead atoms. The first-order valence-corrected chi connectivity index (χ1v) is 7.05. The second kappa shape index (κ2) is 5.06. The van der Waals surface area contributed by atoms with Crippen molar-refractivity contribution in [3.63, 3.8) is 0 Å². The highest BCUT2D eigenvalue weighted by atomic mass is 32.2. The lowest BCUT2D eigenvalue weighted by atomic mass is 10.5. The minimum atomic E-state index is -4.55. The maximum atomic E-state index is 12.3. The topological polar surface area (TPSA) is 68.9 Å². The third-order valence-corrected chi connectivity index (χ3v) is 5.00. The molecule has 0 unspecified atom stereocenters. The van der Waals surface area contributed by atoms with Crippen LogP contribution in [0.5, 0.6) is 0 Å². The molecule has 2 heterocycles. The molecule has 2 aromatic rings. The lowest BCUT2D eigenvalue weighted by molar-refractivity contribution is -0.382. The molecule has 0 N–H and O–H groups in total. The standard InChI is InChI=1S/C8H4F3N3O2S3/c1-3-2-4(5(17-3)14(15)16)18-7-13-12-6(19-7)8(9,10)11/h2H,1H3. The van der Waals surface area contributed by atoms with Gasteiger partial charge in [0.05, 0.1) is 4.92 Å². The largest absolute Gasteiger partial charge is 0.445 e. The van der Waals surface area contributed by atoms with Gasteiger partial charge in [-0.2, -0.15) is 13.2 Å². The second-order valence-electron chi connectivity index (χ2n) is 3.26. The number of hydrogen-bond acceptors (Lipinski definition) is 7. The molecule has 0 radical (unpaired) electrons. The maximum Gasteiger partial charge on any atom is 0.445 e. The van der Waals surface area contributed by atoms with Gasteiger partial charge in [0.2, 0.25) is 5.01 Å². The molecule has 0 aliphatic carbocycles. The van der Waals surface area contributed by atoms with Crippen LogP contribution in [0.2, 0.25) is 0 Å². The van der Waals surface area contributed by atoms with E-state index in [9.17, 15) is 23.3 Å². The Morgan fingerprint density at radius 1 is 1.37 bits per heavy atom. The summed E-state index contributed by atoms with van der Waals surface area (Å²) in [5, 5.41) is 16.0. The van der Waals surface area contributed by atoms with Crippen LogP contribution in [0.15, 0.2) is 15.3 Å². The number of alkyl halides is 3. The summed E-state index contributed by atoms with van der Waals surface area (Å²) in [5.41, 5.74) is 0. The zero-order valence-electron chi connectivity index (χ0n) is 9.09. The Hall–Kier alpha value is -1.20. The van der Waals surface area contributed by atoms with Gasteiger partial charge in [-0.1, -0.05) is 22.7 Å². The highest BCUT2D eigenvalue weighted by Gasteiger charge is 2.36. The fourth-order valence-corrected chi connectivity index (χ4v) is 3.96. The third-order valence-electron chi connectivity index (χ3n) is 1.81. The monoisotopic (exact) mass is 327 g/mol. The Morgan fingerprint density at radius 3 is 2.58 bits per heavy atom. The van der Waals surface area contributed by atoms with E-state index in [1.54, 1.807) is 13.0 Å². The van der Waals surface area contributed by atoms with E-state index in [0.717, 1.165) is 23.1 Å². The molecule has 0 aliphatic rings. The van der Waals surface area contributed by atoms with Crippen molar-refractivity contribution in [3.8, 4) is 0 Å². The van der Waals surface area contributed by atoms with E-state index in [1.165, 1.54) is 0 Å². The molecule has 102 valence electrons.